The smallest absolute Gasteiger partial charge is 0.245 e. The van der Waals surface area contributed by atoms with Crippen LogP contribution in [0.4, 0.5) is 5.82 Å². The van der Waals surface area contributed by atoms with Crippen LogP contribution in [-0.4, -0.2) is 49.3 Å². The standard InChI is InChI=1S/C13H25N5O2S/c1-3-18-10-12(13(14)16-18)21(19,20)15-8-11(2)9-17-6-4-5-7-17/h10-11,15H,3-9H2,1-2H3,(H2,14,16). The van der Waals surface area contributed by atoms with Gasteiger partial charge in [-0.05, 0) is 38.8 Å². The number of nitrogens with two attached hydrogens (primary N) is 1. The highest BCUT2D eigenvalue weighted by Gasteiger charge is 2.22. The summed E-state index contributed by atoms with van der Waals surface area (Å²) in [4.78, 5) is 2.44. The van der Waals surface area contributed by atoms with Gasteiger partial charge in [0.25, 0.3) is 0 Å². The van der Waals surface area contributed by atoms with Crippen LogP contribution in [0.1, 0.15) is 26.7 Å². The summed E-state index contributed by atoms with van der Waals surface area (Å²) in [6.07, 6.45) is 3.96. The summed E-state index contributed by atoms with van der Waals surface area (Å²) in [5.74, 6) is 0.317. The van der Waals surface area contributed by atoms with Crippen LogP contribution in [0, 0.1) is 5.92 Å². The molecule has 0 radical (unpaired) electrons. The highest BCUT2D eigenvalue weighted by molar-refractivity contribution is 7.89. The molecule has 120 valence electrons. The van der Waals surface area contributed by atoms with Crippen molar-refractivity contribution in [3.63, 3.8) is 0 Å². The number of likely N-dealkylation sites (tertiary alicyclic amines) is 1. The molecule has 2 rings (SSSR count). The molecule has 7 nitrogen and oxygen atoms in total. The molecular formula is C13H25N5O2S. The van der Waals surface area contributed by atoms with Crippen molar-refractivity contribution in [2.75, 3.05) is 31.9 Å². The lowest BCUT2D eigenvalue weighted by Crippen LogP contribution is -2.34. The molecule has 0 bridgehead atoms. The van der Waals surface area contributed by atoms with Crippen molar-refractivity contribution >= 4 is 15.8 Å². The van der Waals surface area contributed by atoms with Crippen molar-refractivity contribution in [2.45, 2.75) is 38.1 Å². The summed E-state index contributed by atoms with van der Waals surface area (Å²) in [7, 11) is -3.59. The Balaban J connectivity index is 1.92. The fraction of sp³-hybridized carbons (Fsp3) is 0.769. The van der Waals surface area contributed by atoms with Gasteiger partial charge in [-0.3, -0.25) is 4.68 Å². The van der Waals surface area contributed by atoms with E-state index in [-0.39, 0.29) is 16.6 Å². The summed E-state index contributed by atoms with van der Waals surface area (Å²) < 4.78 is 28.7. The van der Waals surface area contributed by atoms with E-state index in [2.05, 4.69) is 21.6 Å². The average molecular weight is 315 g/mol. The number of nitrogens with one attached hydrogen (secondary N) is 1. The van der Waals surface area contributed by atoms with Gasteiger partial charge in [-0.15, -0.1) is 0 Å². The molecule has 1 atom stereocenters. The molecular weight excluding hydrogens is 290 g/mol. The predicted octanol–water partition coefficient (Wildman–Crippen LogP) is 0.495. The molecule has 0 aliphatic carbocycles. The number of hydrogen-bond acceptors (Lipinski definition) is 5. The Bertz CT molecular complexity index is 563. The highest BCUT2D eigenvalue weighted by Crippen LogP contribution is 2.16. The maximum Gasteiger partial charge on any atom is 0.245 e. The van der Waals surface area contributed by atoms with E-state index in [4.69, 9.17) is 5.73 Å². The second kappa shape index (κ2) is 6.76. The molecule has 3 N–H and O–H groups in total. The topological polar surface area (TPSA) is 93.2 Å². The largest absolute Gasteiger partial charge is 0.381 e. The quantitative estimate of drug-likeness (QED) is 0.764. The van der Waals surface area contributed by atoms with E-state index in [1.165, 1.54) is 23.7 Å². The van der Waals surface area contributed by atoms with Crippen molar-refractivity contribution < 1.29 is 8.42 Å². The second-order valence-electron chi connectivity index (χ2n) is 5.70. The van der Waals surface area contributed by atoms with Gasteiger partial charge >= 0.3 is 0 Å². The lowest BCUT2D eigenvalue weighted by atomic mass is 10.2. The zero-order valence-corrected chi connectivity index (χ0v) is 13.6. The third-order valence-corrected chi connectivity index (χ3v) is 5.20. The Kier molecular flexibility index (Phi) is 5.23. The molecule has 1 aliphatic heterocycles. The lowest BCUT2D eigenvalue weighted by molar-refractivity contribution is 0.288. The molecule has 1 aromatic rings. The zero-order chi connectivity index (χ0) is 15.5. The van der Waals surface area contributed by atoms with Gasteiger partial charge in [0.2, 0.25) is 10.0 Å². The molecule has 2 heterocycles. The fourth-order valence-corrected chi connectivity index (χ4v) is 3.82. The van der Waals surface area contributed by atoms with Crippen molar-refractivity contribution in [1.29, 1.82) is 0 Å². The van der Waals surface area contributed by atoms with Gasteiger partial charge in [0.05, 0.1) is 0 Å². The van der Waals surface area contributed by atoms with Crippen molar-refractivity contribution in [2.24, 2.45) is 5.92 Å². The summed E-state index contributed by atoms with van der Waals surface area (Å²) in [5.41, 5.74) is 5.68. The SMILES string of the molecule is CCn1cc(S(=O)(=O)NCC(C)CN2CCCC2)c(N)n1. The van der Waals surface area contributed by atoms with E-state index in [1.807, 2.05) is 6.92 Å². The van der Waals surface area contributed by atoms with Crippen LogP contribution >= 0.6 is 0 Å². The first-order valence-corrected chi connectivity index (χ1v) is 8.95. The molecule has 1 unspecified atom stereocenters. The van der Waals surface area contributed by atoms with Crippen LogP contribution in [0.15, 0.2) is 11.1 Å². The van der Waals surface area contributed by atoms with Gasteiger partial charge in [-0.2, -0.15) is 5.10 Å². The molecule has 21 heavy (non-hydrogen) atoms. The van der Waals surface area contributed by atoms with Gasteiger partial charge in [0, 0.05) is 25.8 Å². The van der Waals surface area contributed by atoms with E-state index >= 15 is 0 Å². The number of nitrogens with zero attached hydrogens (tertiary/aromatic N) is 3. The van der Waals surface area contributed by atoms with E-state index in [9.17, 15) is 8.42 Å². The Hall–Kier alpha value is -1.12. The van der Waals surface area contributed by atoms with Crippen LogP contribution in [-0.2, 0) is 16.6 Å². The normalized spacial score (nSPS) is 18.2. The minimum absolute atomic E-state index is 0.0524. The number of aromatic nitrogens is 2. The summed E-state index contributed by atoms with van der Waals surface area (Å²) in [5, 5.41) is 3.97. The van der Waals surface area contributed by atoms with Crippen LogP contribution in [0.3, 0.4) is 0 Å². The van der Waals surface area contributed by atoms with Gasteiger partial charge in [0.1, 0.15) is 4.90 Å². The number of nitrogen functional groups attached to an aromatic ring is 1. The van der Waals surface area contributed by atoms with E-state index in [1.54, 1.807) is 0 Å². The Labute approximate surface area is 126 Å². The molecule has 1 aliphatic rings. The third-order valence-electron chi connectivity index (χ3n) is 3.76. The van der Waals surface area contributed by atoms with E-state index in [0.717, 1.165) is 19.6 Å². The Morgan fingerprint density at radius 1 is 1.43 bits per heavy atom. The second-order valence-corrected chi connectivity index (χ2v) is 7.43. The van der Waals surface area contributed by atoms with E-state index in [0.29, 0.717) is 13.1 Å². The minimum Gasteiger partial charge on any atom is -0.381 e. The molecule has 1 fully saturated rings. The Morgan fingerprint density at radius 3 is 2.67 bits per heavy atom. The van der Waals surface area contributed by atoms with Crippen LogP contribution in [0.2, 0.25) is 0 Å². The average Bonchev–Trinajstić information content (AvgIpc) is 3.06. The third kappa shape index (κ3) is 4.18. The summed E-state index contributed by atoms with van der Waals surface area (Å²) in [6.45, 7) is 8.10. The molecule has 0 amide bonds. The first-order valence-electron chi connectivity index (χ1n) is 7.47. The van der Waals surface area contributed by atoms with Crippen molar-refractivity contribution in [1.82, 2.24) is 19.4 Å². The summed E-state index contributed by atoms with van der Waals surface area (Å²) in [6, 6.07) is 0. The maximum absolute atomic E-state index is 12.3. The predicted molar refractivity (Wildman–Crippen MR) is 82.3 cm³/mol. The summed E-state index contributed by atoms with van der Waals surface area (Å²) >= 11 is 0. The molecule has 0 aromatic carbocycles. The lowest BCUT2D eigenvalue weighted by Gasteiger charge is -2.20. The highest BCUT2D eigenvalue weighted by atomic mass is 32.2. The minimum atomic E-state index is -3.59. The number of rotatable bonds is 7. The van der Waals surface area contributed by atoms with Gasteiger partial charge in [-0.1, -0.05) is 6.92 Å². The first kappa shape index (κ1) is 16.3. The number of aryl methyl sites for hydroxylation is 1. The molecule has 1 aromatic heterocycles. The van der Waals surface area contributed by atoms with Gasteiger partial charge in [-0.25, -0.2) is 13.1 Å². The van der Waals surface area contributed by atoms with Crippen molar-refractivity contribution in [3.8, 4) is 0 Å². The monoisotopic (exact) mass is 315 g/mol. The molecule has 0 saturated carbocycles. The fourth-order valence-electron chi connectivity index (χ4n) is 2.59. The molecule has 1 saturated heterocycles. The first-order chi connectivity index (χ1) is 9.92. The van der Waals surface area contributed by atoms with Crippen LogP contribution in [0.25, 0.3) is 0 Å². The molecule has 8 heteroatoms. The van der Waals surface area contributed by atoms with Crippen molar-refractivity contribution in [3.05, 3.63) is 6.20 Å². The number of sulfonamides is 1. The zero-order valence-electron chi connectivity index (χ0n) is 12.7. The Morgan fingerprint density at radius 2 is 2.10 bits per heavy atom. The van der Waals surface area contributed by atoms with Crippen LogP contribution < -0.4 is 10.5 Å². The van der Waals surface area contributed by atoms with Gasteiger partial charge < -0.3 is 10.6 Å². The maximum atomic E-state index is 12.3. The number of anilines is 1. The van der Waals surface area contributed by atoms with E-state index < -0.39 is 10.0 Å². The van der Waals surface area contributed by atoms with Gasteiger partial charge in [0.15, 0.2) is 5.82 Å². The number of hydrogen-bond donors (Lipinski definition) is 2. The van der Waals surface area contributed by atoms with Crippen LogP contribution in [0.5, 0.6) is 0 Å². The molecule has 0 spiro atoms.